The lowest BCUT2D eigenvalue weighted by Gasteiger charge is -2.53. The highest BCUT2D eigenvalue weighted by molar-refractivity contribution is 7.91. The molecule has 5 nitrogen and oxygen atoms in total. The van der Waals surface area contributed by atoms with Crippen LogP contribution < -0.4 is 0 Å². The molecule has 0 amide bonds. The lowest BCUT2D eigenvalue weighted by atomic mass is 9.66. The number of piperidine rings is 2. The second-order valence-corrected chi connectivity index (χ2v) is 15.2. The predicted molar refractivity (Wildman–Crippen MR) is 134 cm³/mol. The van der Waals surface area contributed by atoms with Crippen LogP contribution in [0, 0.1) is 34.0 Å². The van der Waals surface area contributed by atoms with Crippen molar-refractivity contribution in [1.29, 1.82) is 5.26 Å². The van der Waals surface area contributed by atoms with Gasteiger partial charge in [-0.1, -0.05) is 34.6 Å². The minimum Gasteiger partial charge on any atom is -0.297 e. The van der Waals surface area contributed by atoms with Gasteiger partial charge >= 0.3 is 0 Å². The summed E-state index contributed by atoms with van der Waals surface area (Å²) in [5, 5.41) is 9.86. The van der Waals surface area contributed by atoms with Gasteiger partial charge in [0.05, 0.1) is 17.2 Å². The molecule has 2 fully saturated rings. The molecule has 2 aliphatic heterocycles. The lowest BCUT2D eigenvalue weighted by molar-refractivity contribution is -0.0324. The maximum absolute atomic E-state index is 12.4. The van der Waals surface area contributed by atoms with Gasteiger partial charge in [-0.15, -0.1) is 0 Å². The van der Waals surface area contributed by atoms with Gasteiger partial charge in [-0.05, 0) is 76.7 Å². The van der Waals surface area contributed by atoms with Crippen molar-refractivity contribution in [3.8, 4) is 6.07 Å². The zero-order valence-corrected chi connectivity index (χ0v) is 23.2. The molecule has 2 saturated heterocycles. The van der Waals surface area contributed by atoms with E-state index in [2.05, 4.69) is 78.2 Å². The molecule has 2 aliphatic rings. The third-order valence-corrected chi connectivity index (χ3v) is 9.91. The van der Waals surface area contributed by atoms with Crippen molar-refractivity contribution in [2.75, 3.05) is 19.3 Å². The quantitative estimate of drug-likeness (QED) is 0.551. The second-order valence-electron chi connectivity index (χ2n) is 12.9. The fraction of sp³-hybridized carbons (Fsp3) is 0.962. The maximum atomic E-state index is 12.4. The molecule has 0 N–H and O–H groups in total. The van der Waals surface area contributed by atoms with Crippen molar-refractivity contribution in [3.05, 3.63) is 0 Å². The standard InChI is InChI=1S/C26H49N3O2S/c1-18(2)28-12-11-22(32(10,30)31)14-24(28)26(8,9)15-21-17-29(19(3)4)23(25(5,6)7)13-20(21)16-27/h18-24H,11-15,17H2,1-10H3. The van der Waals surface area contributed by atoms with Crippen LogP contribution in [0.15, 0.2) is 0 Å². The van der Waals surface area contributed by atoms with E-state index in [9.17, 15) is 13.7 Å². The Morgan fingerprint density at radius 2 is 1.53 bits per heavy atom. The molecule has 5 unspecified atom stereocenters. The van der Waals surface area contributed by atoms with Crippen molar-refractivity contribution >= 4 is 9.84 Å². The summed E-state index contributed by atoms with van der Waals surface area (Å²) in [5.41, 5.74) is 0.0744. The minimum absolute atomic E-state index is 0.0512. The van der Waals surface area contributed by atoms with Crippen molar-refractivity contribution in [2.45, 2.75) is 117 Å². The number of rotatable bonds is 6. The molecule has 0 aromatic heterocycles. The van der Waals surface area contributed by atoms with Gasteiger partial charge in [0.25, 0.3) is 0 Å². The number of nitriles is 1. The van der Waals surface area contributed by atoms with Crippen molar-refractivity contribution < 1.29 is 8.42 Å². The van der Waals surface area contributed by atoms with Crippen LogP contribution in [-0.2, 0) is 9.84 Å². The largest absolute Gasteiger partial charge is 0.297 e. The van der Waals surface area contributed by atoms with Crippen LogP contribution in [0.2, 0.25) is 0 Å². The number of sulfone groups is 1. The van der Waals surface area contributed by atoms with Crippen LogP contribution >= 0.6 is 0 Å². The summed E-state index contributed by atoms with van der Waals surface area (Å²) in [6.07, 6.45) is 4.70. The van der Waals surface area contributed by atoms with Crippen LogP contribution in [0.5, 0.6) is 0 Å². The zero-order chi connectivity index (χ0) is 24.6. The highest BCUT2D eigenvalue weighted by Crippen LogP contribution is 2.45. The highest BCUT2D eigenvalue weighted by atomic mass is 32.2. The Labute approximate surface area is 198 Å². The molecular weight excluding hydrogens is 418 g/mol. The molecule has 32 heavy (non-hydrogen) atoms. The molecule has 0 saturated carbocycles. The smallest absolute Gasteiger partial charge is 0.150 e. The van der Waals surface area contributed by atoms with Gasteiger partial charge in [-0.3, -0.25) is 9.80 Å². The fourth-order valence-corrected chi connectivity index (χ4v) is 7.48. The van der Waals surface area contributed by atoms with Crippen LogP contribution in [0.4, 0.5) is 0 Å². The van der Waals surface area contributed by atoms with Gasteiger partial charge in [-0.25, -0.2) is 8.42 Å². The fourth-order valence-electron chi connectivity index (χ4n) is 6.42. The molecule has 0 radical (unpaired) electrons. The predicted octanol–water partition coefficient (Wildman–Crippen LogP) is 4.97. The van der Waals surface area contributed by atoms with E-state index >= 15 is 0 Å². The SMILES string of the molecule is CC(C)N1CC(CC(C)(C)C2CC(S(C)(=O)=O)CCN2C(C)C)C(C#N)CC1C(C)(C)C. The molecule has 6 heteroatoms. The first-order chi connectivity index (χ1) is 14.5. The number of hydrogen-bond donors (Lipinski definition) is 0. The molecule has 2 rings (SSSR count). The zero-order valence-electron chi connectivity index (χ0n) is 22.4. The summed E-state index contributed by atoms with van der Waals surface area (Å²) in [6.45, 7) is 22.2. The molecular formula is C26H49N3O2S. The van der Waals surface area contributed by atoms with Crippen molar-refractivity contribution in [1.82, 2.24) is 9.80 Å². The Morgan fingerprint density at radius 1 is 0.969 bits per heavy atom. The molecule has 5 atom stereocenters. The monoisotopic (exact) mass is 467 g/mol. The van der Waals surface area contributed by atoms with E-state index in [1.165, 1.54) is 6.26 Å². The molecule has 0 bridgehead atoms. The minimum atomic E-state index is -3.05. The number of likely N-dealkylation sites (tertiary alicyclic amines) is 2. The van der Waals surface area contributed by atoms with E-state index < -0.39 is 9.84 Å². The van der Waals surface area contributed by atoms with Crippen molar-refractivity contribution in [3.63, 3.8) is 0 Å². The van der Waals surface area contributed by atoms with Crippen LogP contribution in [0.1, 0.15) is 88.0 Å². The van der Waals surface area contributed by atoms with Crippen LogP contribution in [0.3, 0.4) is 0 Å². The average molecular weight is 468 g/mol. The Bertz CT molecular complexity index is 776. The summed E-state index contributed by atoms with van der Waals surface area (Å²) < 4.78 is 24.8. The Hall–Kier alpha value is -0.640. The average Bonchev–Trinajstić information content (AvgIpc) is 2.65. The summed E-state index contributed by atoms with van der Waals surface area (Å²) in [6, 6.07) is 4.12. The molecule has 0 aromatic carbocycles. The van der Waals surface area contributed by atoms with Gasteiger partial charge in [-0.2, -0.15) is 5.26 Å². The van der Waals surface area contributed by atoms with E-state index in [4.69, 9.17) is 0 Å². The Kier molecular flexibility index (Phi) is 8.56. The number of nitrogens with zero attached hydrogens (tertiary/aromatic N) is 3. The van der Waals surface area contributed by atoms with E-state index in [1.807, 2.05) is 0 Å². The summed E-state index contributed by atoms with van der Waals surface area (Å²) in [7, 11) is -3.05. The molecule has 0 aromatic rings. The molecule has 0 aliphatic carbocycles. The molecule has 2 heterocycles. The number of hydrogen-bond acceptors (Lipinski definition) is 5. The van der Waals surface area contributed by atoms with Gasteiger partial charge in [0, 0.05) is 37.0 Å². The first-order valence-electron chi connectivity index (χ1n) is 12.6. The van der Waals surface area contributed by atoms with Gasteiger partial charge in [0.1, 0.15) is 9.84 Å². The van der Waals surface area contributed by atoms with E-state index in [0.29, 0.717) is 30.5 Å². The summed E-state index contributed by atoms with van der Waals surface area (Å²) >= 11 is 0. The van der Waals surface area contributed by atoms with Gasteiger partial charge in [0.15, 0.2) is 0 Å². The van der Waals surface area contributed by atoms with Gasteiger partial charge < -0.3 is 0 Å². The second kappa shape index (κ2) is 9.92. The maximum Gasteiger partial charge on any atom is 0.150 e. The third kappa shape index (κ3) is 6.27. The lowest BCUT2D eigenvalue weighted by Crippen LogP contribution is -2.58. The topological polar surface area (TPSA) is 64.4 Å². The van der Waals surface area contributed by atoms with E-state index in [-0.39, 0.29) is 28.0 Å². The third-order valence-electron chi connectivity index (χ3n) is 8.28. The van der Waals surface area contributed by atoms with Gasteiger partial charge in [0.2, 0.25) is 0 Å². The van der Waals surface area contributed by atoms with Crippen LogP contribution in [0.25, 0.3) is 0 Å². The molecule has 0 spiro atoms. The summed E-state index contributed by atoms with van der Waals surface area (Å²) in [4.78, 5) is 5.14. The summed E-state index contributed by atoms with van der Waals surface area (Å²) in [5.74, 6) is 0.360. The van der Waals surface area contributed by atoms with Crippen LogP contribution in [-0.4, -0.2) is 67.0 Å². The van der Waals surface area contributed by atoms with E-state index in [1.54, 1.807) is 0 Å². The molecule has 186 valence electrons. The normalized spacial score (nSPS) is 31.8. The Morgan fingerprint density at radius 3 is 1.97 bits per heavy atom. The first-order valence-corrected chi connectivity index (χ1v) is 14.5. The highest BCUT2D eigenvalue weighted by Gasteiger charge is 2.47. The van der Waals surface area contributed by atoms with Crippen molar-refractivity contribution in [2.24, 2.45) is 22.7 Å². The van der Waals surface area contributed by atoms with E-state index in [0.717, 1.165) is 32.4 Å². The first kappa shape index (κ1) is 27.6. The Balaban J connectivity index is 2.31.